The summed E-state index contributed by atoms with van der Waals surface area (Å²) in [6.45, 7) is 0.670. The number of benzene rings is 4. The molecule has 0 fully saturated rings. The average Bonchev–Trinajstić information content (AvgIpc) is 3.73. The van der Waals surface area contributed by atoms with Crippen molar-refractivity contribution >= 4 is 42.8 Å². The van der Waals surface area contributed by atoms with Crippen LogP contribution >= 0.6 is 22.7 Å². The summed E-state index contributed by atoms with van der Waals surface area (Å²) in [6, 6.07) is 33.9. The smallest absolute Gasteiger partial charge is 0.231 e. The second-order valence-electron chi connectivity index (χ2n) is 9.23. The molecule has 0 bridgehead atoms. The summed E-state index contributed by atoms with van der Waals surface area (Å²) in [4.78, 5) is 2.75. The molecule has 0 saturated carbocycles. The highest BCUT2D eigenvalue weighted by Crippen LogP contribution is 2.35. The first-order valence-corrected chi connectivity index (χ1v) is 14.1. The number of ether oxygens (including phenoxy) is 4. The van der Waals surface area contributed by atoms with Crippen LogP contribution in [0.2, 0.25) is 0 Å². The predicted octanol–water partition coefficient (Wildman–Crippen LogP) is 8.44. The fourth-order valence-corrected chi connectivity index (χ4v) is 6.95. The van der Waals surface area contributed by atoms with Crippen molar-refractivity contribution in [2.75, 3.05) is 13.6 Å². The Kier molecular flexibility index (Phi) is 6.12. The molecule has 2 aromatic heterocycles. The summed E-state index contributed by atoms with van der Waals surface area (Å²) in [5, 5.41) is 2.64. The molecular formula is C32H24O4S2. The minimum Gasteiger partial charge on any atom is -0.454 e. The van der Waals surface area contributed by atoms with Crippen molar-refractivity contribution in [1.82, 2.24) is 0 Å². The zero-order valence-corrected chi connectivity index (χ0v) is 22.1. The van der Waals surface area contributed by atoms with E-state index in [1.165, 1.54) is 41.1 Å². The zero-order chi connectivity index (χ0) is 25.3. The molecule has 0 unspecified atom stereocenters. The van der Waals surface area contributed by atoms with Crippen molar-refractivity contribution in [1.29, 1.82) is 0 Å². The molecule has 0 radical (unpaired) electrons. The monoisotopic (exact) mass is 536 g/mol. The normalized spacial score (nSPS) is 13.1. The van der Waals surface area contributed by atoms with Gasteiger partial charge >= 0.3 is 0 Å². The lowest BCUT2D eigenvalue weighted by molar-refractivity contribution is 0.173. The van der Waals surface area contributed by atoms with E-state index >= 15 is 0 Å². The van der Waals surface area contributed by atoms with Gasteiger partial charge in [0.1, 0.15) is 0 Å². The van der Waals surface area contributed by atoms with Gasteiger partial charge in [-0.1, -0.05) is 48.5 Å². The van der Waals surface area contributed by atoms with Crippen LogP contribution in [0.25, 0.3) is 20.2 Å². The summed E-state index contributed by atoms with van der Waals surface area (Å²) in [5.74, 6) is 3.41. The van der Waals surface area contributed by atoms with Gasteiger partial charge in [-0.05, 0) is 70.4 Å². The highest BCUT2D eigenvalue weighted by molar-refractivity contribution is 7.19. The highest BCUT2D eigenvalue weighted by Gasteiger charge is 2.15. The van der Waals surface area contributed by atoms with Gasteiger partial charge in [-0.25, -0.2) is 0 Å². The predicted molar refractivity (Wildman–Crippen MR) is 154 cm³/mol. The summed E-state index contributed by atoms with van der Waals surface area (Å²) >= 11 is 3.71. The van der Waals surface area contributed by atoms with Crippen LogP contribution in [0.5, 0.6) is 23.0 Å². The molecule has 4 aromatic carbocycles. The summed E-state index contributed by atoms with van der Waals surface area (Å²) in [5.41, 5.74) is 2.52. The van der Waals surface area contributed by atoms with E-state index in [2.05, 4.69) is 84.9 Å². The van der Waals surface area contributed by atoms with Crippen LogP contribution in [0.3, 0.4) is 0 Å². The van der Waals surface area contributed by atoms with Gasteiger partial charge in [0.2, 0.25) is 13.6 Å². The largest absolute Gasteiger partial charge is 0.454 e. The van der Waals surface area contributed by atoms with E-state index in [1.807, 2.05) is 34.8 Å². The number of fused-ring (bicyclic) bond motifs is 4. The third kappa shape index (κ3) is 4.80. The zero-order valence-electron chi connectivity index (χ0n) is 20.5. The quantitative estimate of drug-likeness (QED) is 0.227. The lowest BCUT2D eigenvalue weighted by atomic mass is 10.1. The van der Waals surface area contributed by atoms with Crippen LogP contribution in [-0.2, 0) is 12.8 Å². The lowest BCUT2D eigenvalue weighted by Crippen LogP contribution is -1.92. The standard InChI is InChI=1S/2C16H12O2S/c2*1-2-4-16-12(3-1)9-13(19-16)7-11-5-6-14-15(8-11)18-10-17-14/h2*1-6,8-9H,7,10H2. The Bertz CT molecular complexity index is 1550. The van der Waals surface area contributed by atoms with Crippen LogP contribution in [0.4, 0.5) is 0 Å². The Morgan fingerprint density at radius 1 is 0.474 bits per heavy atom. The van der Waals surface area contributed by atoms with Gasteiger partial charge in [0.15, 0.2) is 23.0 Å². The number of rotatable bonds is 4. The van der Waals surface area contributed by atoms with E-state index in [-0.39, 0.29) is 0 Å². The molecule has 2 aliphatic rings. The van der Waals surface area contributed by atoms with Crippen LogP contribution in [-0.4, -0.2) is 13.6 Å². The van der Waals surface area contributed by atoms with E-state index in [0.29, 0.717) is 13.6 Å². The van der Waals surface area contributed by atoms with Crippen LogP contribution in [0.15, 0.2) is 97.1 Å². The molecule has 0 atom stereocenters. The first-order chi connectivity index (χ1) is 18.8. The van der Waals surface area contributed by atoms with Gasteiger partial charge in [-0.15, -0.1) is 22.7 Å². The van der Waals surface area contributed by atoms with Crippen molar-refractivity contribution in [2.45, 2.75) is 12.8 Å². The average molecular weight is 537 g/mol. The lowest BCUT2D eigenvalue weighted by Gasteiger charge is -2.01. The van der Waals surface area contributed by atoms with Gasteiger partial charge < -0.3 is 18.9 Å². The molecule has 2 aliphatic heterocycles. The van der Waals surface area contributed by atoms with Crippen molar-refractivity contribution in [2.24, 2.45) is 0 Å². The third-order valence-electron chi connectivity index (χ3n) is 6.58. The van der Waals surface area contributed by atoms with Crippen molar-refractivity contribution in [3.05, 3.63) is 118 Å². The van der Waals surface area contributed by atoms with Crippen molar-refractivity contribution < 1.29 is 18.9 Å². The maximum atomic E-state index is 5.42. The molecule has 8 rings (SSSR count). The molecule has 4 heterocycles. The van der Waals surface area contributed by atoms with Gasteiger partial charge in [0.25, 0.3) is 0 Å². The summed E-state index contributed by atoms with van der Waals surface area (Å²) in [7, 11) is 0. The van der Waals surface area contributed by atoms with E-state index in [4.69, 9.17) is 18.9 Å². The van der Waals surface area contributed by atoms with E-state index in [1.54, 1.807) is 0 Å². The second kappa shape index (κ2) is 10.0. The van der Waals surface area contributed by atoms with Gasteiger partial charge in [-0.3, -0.25) is 0 Å². The summed E-state index contributed by atoms with van der Waals surface area (Å²) in [6.07, 6.45) is 1.88. The van der Waals surface area contributed by atoms with Gasteiger partial charge in [0.05, 0.1) is 0 Å². The molecule has 6 aromatic rings. The molecule has 38 heavy (non-hydrogen) atoms. The molecule has 4 nitrogen and oxygen atoms in total. The van der Waals surface area contributed by atoms with E-state index < -0.39 is 0 Å². The molecule has 0 spiro atoms. The third-order valence-corrected chi connectivity index (χ3v) is 8.82. The van der Waals surface area contributed by atoms with Crippen LogP contribution < -0.4 is 18.9 Å². The van der Waals surface area contributed by atoms with E-state index in [9.17, 15) is 0 Å². The highest BCUT2D eigenvalue weighted by atomic mass is 32.1. The van der Waals surface area contributed by atoms with Gasteiger partial charge in [0, 0.05) is 32.0 Å². The SMILES string of the molecule is c1ccc2sc(Cc3ccc4c(c3)OCO4)cc2c1.c1ccc2sc(Cc3ccc4c(c3)OCO4)cc2c1. The maximum Gasteiger partial charge on any atom is 0.231 e. The Hall–Kier alpha value is -4.00. The fourth-order valence-electron chi connectivity index (χ4n) is 4.75. The molecule has 6 heteroatoms. The Labute approximate surface area is 228 Å². The molecular weight excluding hydrogens is 512 g/mol. The number of hydrogen-bond donors (Lipinski definition) is 0. The van der Waals surface area contributed by atoms with Crippen molar-refractivity contribution in [3.63, 3.8) is 0 Å². The fraction of sp³-hybridized carbons (Fsp3) is 0.125. The molecule has 0 saturated heterocycles. The Balaban J connectivity index is 0.000000127. The first-order valence-electron chi connectivity index (χ1n) is 12.5. The first kappa shape index (κ1) is 23.1. The second-order valence-corrected chi connectivity index (χ2v) is 11.6. The van der Waals surface area contributed by atoms with Crippen LogP contribution in [0, 0.1) is 0 Å². The molecule has 188 valence electrons. The topological polar surface area (TPSA) is 36.9 Å². The van der Waals surface area contributed by atoms with E-state index in [0.717, 1.165) is 35.8 Å². The number of thiophene rings is 2. The molecule has 0 amide bonds. The maximum absolute atomic E-state index is 5.42. The Morgan fingerprint density at radius 3 is 1.39 bits per heavy atom. The minimum atomic E-state index is 0.335. The van der Waals surface area contributed by atoms with Gasteiger partial charge in [-0.2, -0.15) is 0 Å². The minimum absolute atomic E-state index is 0.335. The van der Waals surface area contributed by atoms with Crippen LogP contribution in [0.1, 0.15) is 20.9 Å². The van der Waals surface area contributed by atoms with Crippen molar-refractivity contribution in [3.8, 4) is 23.0 Å². The molecule has 0 N–H and O–H groups in total. The Morgan fingerprint density at radius 2 is 0.921 bits per heavy atom. The number of hydrogen-bond acceptors (Lipinski definition) is 6. The summed E-state index contributed by atoms with van der Waals surface area (Å²) < 4.78 is 24.2. The molecule has 0 aliphatic carbocycles.